The highest BCUT2D eigenvalue weighted by molar-refractivity contribution is 6.01. The Morgan fingerprint density at radius 3 is 2.40 bits per heavy atom. The number of carbonyl (C=O) groups is 6. The third kappa shape index (κ3) is 11.9. The number of nitrogens with one attached hydrogen (secondary N) is 5. The van der Waals surface area contributed by atoms with Gasteiger partial charge in [0, 0.05) is 13.0 Å². The van der Waals surface area contributed by atoms with Crippen LogP contribution in [0.1, 0.15) is 56.8 Å². The Morgan fingerprint density at radius 2 is 1.74 bits per heavy atom. The minimum Gasteiger partial charge on any atom is -0.491 e. The SMILES string of the molecule is CC(C)[C@H]1NC(=O)[C@H](CCC(N)=O)NC(=O)C[C@@H](C(=O)NCCCN(C)C)NC(=O)c2ccccc2OC[C@H](C)NC1=O. The van der Waals surface area contributed by atoms with Crippen LogP contribution in [-0.4, -0.2) is 98.3 Å². The third-order valence-electron chi connectivity index (χ3n) is 6.68. The van der Waals surface area contributed by atoms with E-state index in [-0.39, 0.29) is 36.7 Å². The molecule has 1 heterocycles. The number of fused-ring (bicyclic) bond motifs is 1. The molecule has 7 N–H and O–H groups in total. The van der Waals surface area contributed by atoms with E-state index in [0.717, 1.165) is 0 Å². The van der Waals surface area contributed by atoms with Crippen molar-refractivity contribution in [3.05, 3.63) is 29.8 Å². The molecule has 0 bridgehead atoms. The lowest BCUT2D eigenvalue weighted by molar-refractivity contribution is -0.134. The second-order valence-electron chi connectivity index (χ2n) is 11.3. The van der Waals surface area contributed by atoms with Crippen molar-refractivity contribution in [1.82, 2.24) is 31.5 Å². The number of nitrogens with two attached hydrogens (primary N) is 1. The van der Waals surface area contributed by atoms with Gasteiger partial charge in [-0.2, -0.15) is 0 Å². The van der Waals surface area contributed by atoms with Gasteiger partial charge in [0.15, 0.2) is 0 Å². The van der Waals surface area contributed by atoms with Gasteiger partial charge in [-0.25, -0.2) is 0 Å². The molecule has 4 atom stereocenters. The fourth-order valence-corrected chi connectivity index (χ4v) is 4.33. The van der Waals surface area contributed by atoms with E-state index >= 15 is 0 Å². The zero-order valence-corrected chi connectivity index (χ0v) is 25.5. The Balaban J connectivity index is 2.43. The van der Waals surface area contributed by atoms with Gasteiger partial charge in [-0.05, 0) is 58.5 Å². The number of hydrogen-bond donors (Lipinski definition) is 6. The molecular weight excluding hydrogens is 558 g/mol. The summed E-state index contributed by atoms with van der Waals surface area (Å²) in [6.45, 7) is 6.24. The lowest BCUT2D eigenvalue weighted by Gasteiger charge is -2.26. The predicted octanol–water partition coefficient (Wildman–Crippen LogP) is -0.969. The minimum absolute atomic E-state index is 0.00582. The number of rotatable bonds is 9. The molecule has 1 aliphatic heterocycles. The smallest absolute Gasteiger partial charge is 0.255 e. The number of carbonyl (C=O) groups excluding carboxylic acids is 6. The lowest BCUT2D eigenvalue weighted by atomic mass is 10.0. The summed E-state index contributed by atoms with van der Waals surface area (Å²) in [6, 6.07) is 2.42. The molecule has 0 saturated heterocycles. The molecule has 0 fully saturated rings. The molecule has 0 spiro atoms. The van der Waals surface area contributed by atoms with Crippen LogP contribution in [0, 0.1) is 5.92 Å². The summed E-state index contributed by atoms with van der Waals surface area (Å²) in [7, 11) is 3.80. The average molecular weight is 604 g/mol. The summed E-state index contributed by atoms with van der Waals surface area (Å²) < 4.78 is 5.86. The molecule has 238 valence electrons. The van der Waals surface area contributed by atoms with Gasteiger partial charge < -0.3 is 42.0 Å². The molecule has 43 heavy (non-hydrogen) atoms. The Bertz CT molecular complexity index is 1160. The van der Waals surface area contributed by atoms with Crippen LogP contribution in [0.2, 0.25) is 0 Å². The Hall–Kier alpha value is -4.20. The molecule has 0 aromatic heterocycles. The first-order chi connectivity index (χ1) is 20.3. The number of hydrogen-bond acceptors (Lipinski definition) is 8. The van der Waals surface area contributed by atoms with Crippen molar-refractivity contribution in [2.45, 2.75) is 70.6 Å². The van der Waals surface area contributed by atoms with Gasteiger partial charge in [0.25, 0.3) is 5.91 Å². The van der Waals surface area contributed by atoms with Crippen LogP contribution in [0.3, 0.4) is 0 Å². The molecule has 0 aliphatic carbocycles. The highest BCUT2D eigenvalue weighted by Gasteiger charge is 2.32. The Labute approximate surface area is 252 Å². The maximum absolute atomic E-state index is 13.3. The number of amides is 6. The molecular formula is C29H45N7O7. The number of nitrogens with zero attached hydrogens (tertiary/aromatic N) is 1. The highest BCUT2D eigenvalue weighted by Crippen LogP contribution is 2.19. The summed E-state index contributed by atoms with van der Waals surface area (Å²) in [5.74, 6) is -3.92. The topological polar surface area (TPSA) is 201 Å². The van der Waals surface area contributed by atoms with Crippen LogP contribution in [0.15, 0.2) is 24.3 Å². The first kappa shape index (κ1) is 35.0. The second-order valence-corrected chi connectivity index (χ2v) is 11.3. The van der Waals surface area contributed by atoms with E-state index in [0.29, 0.717) is 19.5 Å². The molecule has 1 aromatic rings. The zero-order chi connectivity index (χ0) is 32.1. The van der Waals surface area contributed by atoms with Crippen LogP contribution in [-0.2, 0) is 24.0 Å². The van der Waals surface area contributed by atoms with Crippen LogP contribution in [0.25, 0.3) is 0 Å². The van der Waals surface area contributed by atoms with E-state index < -0.39 is 66.0 Å². The van der Waals surface area contributed by atoms with Crippen LogP contribution in [0.5, 0.6) is 5.75 Å². The van der Waals surface area contributed by atoms with Gasteiger partial charge in [0.2, 0.25) is 29.5 Å². The molecule has 14 nitrogen and oxygen atoms in total. The monoisotopic (exact) mass is 603 g/mol. The van der Waals surface area contributed by atoms with Crippen molar-refractivity contribution in [3.63, 3.8) is 0 Å². The number of benzene rings is 1. The molecule has 0 saturated carbocycles. The van der Waals surface area contributed by atoms with Gasteiger partial charge >= 0.3 is 0 Å². The molecule has 14 heteroatoms. The minimum atomic E-state index is -1.29. The number of para-hydroxylation sites is 1. The predicted molar refractivity (Wildman–Crippen MR) is 159 cm³/mol. The maximum Gasteiger partial charge on any atom is 0.255 e. The van der Waals surface area contributed by atoms with Gasteiger partial charge in [-0.3, -0.25) is 28.8 Å². The maximum atomic E-state index is 13.3. The summed E-state index contributed by atoms with van der Waals surface area (Å²) in [5.41, 5.74) is 5.42. The second kappa shape index (κ2) is 17.0. The van der Waals surface area contributed by atoms with E-state index in [1.54, 1.807) is 39.0 Å². The Kier molecular flexibility index (Phi) is 13.9. The third-order valence-corrected chi connectivity index (χ3v) is 6.68. The summed E-state index contributed by atoms with van der Waals surface area (Å²) >= 11 is 0. The fourth-order valence-electron chi connectivity index (χ4n) is 4.33. The molecule has 0 radical (unpaired) electrons. The van der Waals surface area contributed by atoms with E-state index in [9.17, 15) is 28.8 Å². The van der Waals surface area contributed by atoms with E-state index in [2.05, 4.69) is 26.6 Å². The van der Waals surface area contributed by atoms with Crippen molar-refractivity contribution in [2.75, 3.05) is 33.8 Å². The van der Waals surface area contributed by atoms with Crippen LogP contribution < -0.4 is 37.1 Å². The summed E-state index contributed by atoms with van der Waals surface area (Å²) in [5, 5.41) is 13.4. The van der Waals surface area contributed by atoms with Crippen molar-refractivity contribution in [3.8, 4) is 5.75 Å². The first-order valence-corrected chi connectivity index (χ1v) is 14.4. The normalized spacial score (nSPS) is 22.3. The average Bonchev–Trinajstić information content (AvgIpc) is 2.93. The number of primary amides is 1. The fraction of sp³-hybridized carbons (Fsp3) is 0.586. The van der Waals surface area contributed by atoms with Gasteiger partial charge in [-0.15, -0.1) is 0 Å². The standard InChI is InChI=1S/C29H45N7O7/c1-17(2)25-29(42)32-18(3)16-43-22-10-7-6-9-19(22)26(39)34-21(27(40)31-13-8-14-36(4)5)15-24(38)33-20(28(41)35-25)11-12-23(30)37/h6-7,9-10,17-18,20-21,25H,8,11-16H2,1-5H3,(H2,30,37)(H,31,40)(H,32,42)(H,33,38)(H,34,39)(H,35,41)/t18-,20-,21-,25+/m0/s1. The molecule has 0 unspecified atom stereocenters. The van der Waals surface area contributed by atoms with Crippen molar-refractivity contribution >= 4 is 35.4 Å². The summed E-state index contributed by atoms with van der Waals surface area (Å²) in [4.78, 5) is 79.5. The molecule has 6 amide bonds. The van der Waals surface area contributed by atoms with Crippen LogP contribution in [0.4, 0.5) is 0 Å². The van der Waals surface area contributed by atoms with Crippen LogP contribution >= 0.6 is 0 Å². The lowest BCUT2D eigenvalue weighted by Crippen LogP contribution is -2.57. The summed E-state index contributed by atoms with van der Waals surface area (Å²) in [6.07, 6.45) is -0.210. The highest BCUT2D eigenvalue weighted by atomic mass is 16.5. The Morgan fingerprint density at radius 1 is 1.05 bits per heavy atom. The molecule has 1 aromatic carbocycles. The van der Waals surface area contributed by atoms with E-state index in [1.165, 1.54) is 6.07 Å². The van der Waals surface area contributed by atoms with E-state index in [4.69, 9.17) is 10.5 Å². The first-order valence-electron chi connectivity index (χ1n) is 14.4. The van der Waals surface area contributed by atoms with Gasteiger partial charge in [-0.1, -0.05) is 26.0 Å². The van der Waals surface area contributed by atoms with Crippen molar-refractivity contribution in [1.29, 1.82) is 0 Å². The molecule has 1 aliphatic rings. The van der Waals surface area contributed by atoms with Gasteiger partial charge in [0.1, 0.15) is 30.5 Å². The quantitative estimate of drug-likeness (QED) is 0.194. The zero-order valence-electron chi connectivity index (χ0n) is 25.5. The van der Waals surface area contributed by atoms with Crippen molar-refractivity contribution in [2.24, 2.45) is 11.7 Å². The number of ether oxygens (including phenoxy) is 1. The largest absolute Gasteiger partial charge is 0.491 e. The van der Waals surface area contributed by atoms with E-state index in [1.807, 2.05) is 19.0 Å². The molecule has 2 rings (SSSR count). The van der Waals surface area contributed by atoms with Gasteiger partial charge in [0.05, 0.1) is 18.0 Å². The van der Waals surface area contributed by atoms with Crippen molar-refractivity contribution < 1.29 is 33.5 Å².